The SMILES string of the molecule is Cc1nn(C)cc1NCCCF. The van der Waals surface area contributed by atoms with Crippen molar-refractivity contribution in [3.63, 3.8) is 0 Å². The lowest BCUT2D eigenvalue weighted by Crippen LogP contribution is -2.02. The van der Waals surface area contributed by atoms with Crippen molar-refractivity contribution in [3.8, 4) is 0 Å². The Morgan fingerprint density at radius 3 is 2.92 bits per heavy atom. The molecule has 4 heteroatoms. The number of alkyl halides is 1. The molecule has 1 rings (SSSR count). The molecule has 0 aliphatic carbocycles. The molecule has 0 amide bonds. The van der Waals surface area contributed by atoms with Crippen molar-refractivity contribution in [2.75, 3.05) is 18.5 Å². The van der Waals surface area contributed by atoms with Gasteiger partial charge in [0.15, 0.2) is 0 Å². The van der Waals surface area contributed by atoms with Gasteiger partial charge in [0.25, 0.3) is 0 Å². The summed E-state index contributed by atoms with van der Waals surface area (Å²) in [5.74, 6) is 0. The first-order chi connectivity index (χ1) is 5.74. The molecule has 0 fully saturated rings. The van der Waals surface area contributed by atoms with E-state index in [0.717, 1.165) is 11.4 Å². The van der Waals surface area contributed by atoms with Crippen molar-refractivity contribution in [2.24, 2.45) is 7.05 Å². The average molecular weight is 171 g/mol. The fourth-order valence-corrected chi connectivity index (χ4v) is 1.06. The summed E-state index contributed by atoms with van der Waals surface area (Å²) in [6.45, 7) is 2.33. The zero-order valence-electron chi connectivity index (χ0n) is 7.47. The molecule has 0 aliphatic rings. The summed E-state index contributed by atoms with van der Waals surface area (Å²) >= 11 is 0. The molecular formula is C8H14FN3. The second kappa shape index (κ2) is 4.09. The fourth-order valence-electron chi connectivity index (χ4n) is 1.06. The molecule has 0 bridgehead atoms. The van der Waals surface area contributed by atoms with Gasteiger partial charge in [-0.1, -0.05) is 0 Å². The molecule has 0 unspecified atom stereocenters. The lowest BCUT2D eigenvalue weighted by molar-refractivity contribution is 0.481. The van der Waals surface area contributed by atoms with Crippen LogP contribution in [-0.2, 0) is 7.05 Å². The third-order valence-electron chi connectivity index (χ3n) is 1.64. The standard InChI is InChI=1S/C8H14FN3/c1-7-8(6-12(2)11-7)10-5-3-4-9/h6,10H,3-5H2,1-2H3. The van der Waals surface area contributed by atoms with E-state index in [1.54, 1.807) is 4.68 Å². The van der Waals surface area contributed by atoms with Crippen LogP contribution < -0.4 is 5.32 Å². The van der Waals surface area contributed by atoms with Crippen molar-refractivity contribution in [2.45, 2.75) is 13.3 Å². The van der Waals surface area contributed by atoms with Crippen LogP contribution in [0.25, 0.3) is 0 Å². The number of anilines is 1. The quantitative estimate of drug-likeness (QED) is 0.696. The van der Waals surface area contributed by atoms with E-state index in [1.807, 2.05) is 20.2 Å². The lowest BCUT2D eigenvalue weighted by atomic mass is 10.4. The highest BCUT2D eigenvalue weighted by Gasteiger charge is 2.00. The van der Waals surface area contributed by atoms with Crippen LogP contribution in [0.5, 0.6) is 0 Å². The molecule has 0 saturated heterocycles. The third kappa shape index (κ3) is 2.22. The maximum atomic E-state index is 11.7. The Kier molecular flexibility index (Phi) is 3.08. The van der Waals surface area contributed by atoms with Gasteiger partial charge in [-0.15, -0.1) is 0 Å². The van der Waals surface area contributed by atoms with Crippen molar-refractivity contribution < 1.29 is 4.39 Å². The molecule has 3 nitrogen and oxygen atoms in total. The van der Waals surface area contributed by atoms with E-state index in [0.29, 0.717) is 13.0 Å². The normalized spacial score (nSPS) is 10.2. The maximum absolute atomic E-state index is 11.7. The molecule has 1 N–H and O–H groups in total. The summed E-state index contributed by atoms with van der Waals surface area (Å²) in [7, 11) is 1.87. The van der Waals surface area contributed by atoms with E-state index in [4.69, 9.17) is 0 Å². The first-order valence-corrected chi connectivity index (χ1v) is 4.04. The van der Waals surface area contributed by atoms with Gasteiger partial charge < -0.3 is 5.32 Å². The highest BCUT2D eigenvalue weighted by molar-refractivity contribution is 5.45. The molecule has 0 radical (unpaired) electrons. The van der Waals surface area contributed by atoms with Crippen molar-refractivity contribution >= 4 is 5.69 Å². The molecule has 12 heavy (non-hydrogen) atoms. The first kappa shape index (κ1) is 9.03. The van der Waals surface area contributed by atoms with Gasteiger partial charge in [-0.25, -0.2) is 0 Å². The minimum atomic E-state index is -0.272. The number of nitrogens with zero attached hydrogens (tertiary/aromatic N) is 2. The van der Waals surface area contributed by atoms with Gasteiger partial charge in [0, 0.05) is 19.8 Å². The Balaban J connectivity index is 2.45. The second-order valence-corrected chi connectivity index (χ2v) is 2.77. The molecule has 1 aromatic rings. The summed E-state index contributed by atoms with van der Waals surface area (Å²) in [6.07, 6.45) is 2.45. The van der Waals surface area contributed by atoms with Gasteiger partial charge >= 0.3 is 0 Å². The molecule has 0 aliphatic heterocycles. The summed E-state index contributed by atoms with van der Waals surface area (Å²) in [6, 6.07) is 0. The zero-order valence-corrected chi connectivity index (χ0v) is 7.47. The summed E-state index contributed by atoms with van der Waals surface area (Å²) < 4.78 is 13.5. The first-order valence-electron chi connectivity index (χ1n) is 4.04. The van der Waals surface area contributed by atoms with Gasteiger partial charge in [-0.3, -0.25) is 9.07 Å². The molecule has 0 aromatic carbocycles. The number of hydrogen-bond acceptors (Lipinski definition) is 2. The van der Waals surface area contributed by atoms with Crippen LogP contribution >= 0.6 is 0 Å². The smallest absolute Gasteiger partial charge is 0.0911 e. The highest BCUT2D eigenvalue weighted by Crippen LogP contribution is 2.10. The van der Waals surface area contributed by atoms with Gasteiger partial charge in [0.2, 0.25) is 0 Å². The monoisotopic (exact) mass is 171 g/mol. The largest absolute Gasteiger partial charge is 0.382 e. The van der Waals surface area contributed by atoms with Crippen LogP contribution in [0.4, 0.5) is 10.1 Å². The van der Waals surface area contributed by atoms with Crippen LogP contribution in [0.3, 0.4) is 0 Å². The molecule has 0 atom stereocenters. The van der Waals surface area contributed by atoms with Gasteiger partial charge in [-0.05, 0) is 13.3 Å². The van der Waals surface area contributed by atoms with E-state index >= 15 is 0 Å². The predicted octanol–water partition coefficient (Wildman–Crippen LogP) is 1.50. The Hall–Kier alpha value is -1.06. The van der Waals surface area contributed by atoms with E-state index in [1.165, 1.54) is 0 Å². The van der Waals surface area contributed by atoms with E-state index in [2.05, 4.69) is 10.4 Å². The fraction of sp³-hybridized carbons (Fsp3) is 0.625. The number of halogens is 1. The number of aryl methyl sites for hydroxylation is 2. The summed E-state index contributed by atoms with van der Waals surface area (Å²) in [5, 5.41) is 7.26. The minimum Gasteiger partial charge on any atom is -0.382 e. The number of hydrogen-bond donors (Lipinski definition) is 1. The lowest BCUT2D eigenvalue weighted by Gasteiger charge is -2.00. The maximum Gasteiger partial charge on any atom is 0.0911 e. The Labute approximate surface area is 71.6 Å². The molecule has 0 spiro atoms. The van der Waals surface area contributed by atoms with Crippen LogP contribution in [0.2, 0.25) is 0 Å². The molecule has 1 aromatic heterocycles. The summed E-state index contributed by atoms with van der Waals surface area (Å²) in [5.41, 5.74) is 1.95. The summed E-state index contributed by atoms with van der Waals surface area (Å²) in [4.78, 5) is 0. The van der Waals surface area contributed by atoms with Crippen LogP contribution in [0.1, 0.15) is 12.1 Å². The van der Waals surface area contributed by atoms with Gasteiger partial charge in [0.1, 0.15) is 0 Å². The van der Waals surface area contributed by atoms with Crippen molar-refractivity contribution in [1.29, 1.82) is 0 Å². The molecule has 68 valence electrons. The number of rotatable bonds is 4. The van der Waals surface area contributed by atoms with Crippen LogP contribution in [0, 0.1) is 6.92 Å². The van der Waals surface area contributed by atoms with Gasteiger partial charge in [0.05, 0.1) is 18.1 Å². The third-order valence-corrected chi connectivity index (χ3v) is 1.64. The van der Waals surface area contributed by atoms with E-state index < -0.39 is 0 Å². The molecular weight excluding hydrogens is 157 g/mol. The van der Waals surface area contributed by atoms with Crippen molar-refractivity contribution in [3.05, 3.63) is 11.9 Å². The van der Waals surface area contributed by atoms with Crippen LogP contribution in [-0.4, -0.2) is 23.0 Å². The Morgan fingerprint density at radius 2 is 2.42 bits per heavy atom. The average Bonchev–Trinajstić information content (AvgIpc) is 2.31. The van der Waals surface area contributed by atoms with E-state index in [9.17, 15) is 4.39 Å². The number of nitrogens with one attached hydrogen (secondary N) is 1. The predicted molar refractivity (Wildman–Crippen MR) is 47.0 cm³/mol. The Morgan fingerprint density at radius 1 is 1.67 bits per heavy atom. The molecule has 0 saturated carbocycles. The van der Waals surface area contributed by atoms with E-state index in [-0.39, 0.29) is 6.67 Å². The zero-order chi connectivity index (χ0) is 8.97. The van der Waals surface area contributed by atoms with Gasteiger partial charge in [-0.2, -0.15) is 5.10 Å². The van der Waals surface area contributed by atoms with Crippen LogP contribution in [0.15, 0.2) is 6.20 Å². The topological polar surface area (TPSA) is 29.9 Å². The Bertz CT molecular complexity index is 244. The number of aromatic nitrogens is 2. The minimum absolute atomic E-state index is 0.272. The second-order valence-electron chi connectivity index (χ2n) is 2.77. The molecule has 1 heterocycles. The highest BCUT2D eigenvalue weighted by atomic mass is 19.1. The van der Waals surface area contributed by atoms with Crippen molar-refractivity contribution in [1.82, 2.24) is 9.78 Å².